The molecule has 0 aromatic heterocycles. The van der Waals surface area contributed by atoms with Crippen molar-refractivity contribution >= 4 is 0 Å². The standard InChI is InChI=1S/C31H33F5O.C30H31F5O/c1-2-3-4-7-22-10-12-23(13-11-22)24-14-20-27(21-15-24)31(35,36)37-29-9-6-5-8-28(29)25-16-18-26(19-17-25)30(32,33)34;1-2-3-6-21-9-11-22(12-10-21)23-13-19-26(20-14-23)30(34,35)36-28-8-5-4-7-27(28)24-15-17-25(18-16-24)29(31,32)33/h5-6,8-9,14-23H,2-4,7,10-13H2,1H3;4-5,7-8,13-22H,2-3,6,9-12H2,1H3. The fraction of sp³-hybridized carbons (Fsp3) is 0.410. The van der Waals surface area contributed by atoms with E-state index in [1.54, 1.807) is 60.7 Å². The van der Waals surface area contributed by atoms with Crippen LogP contribution in [0.3, 0.4) is 0 Å². The number of alkyl halides is 10. The molecule has 2 saturated carbocycles. The summed E-state index contributed by atoms with van der Waals surface area (Å²) in [5.41, 5.74) is 1.35. The molecule has 0 aliphatic heterocycles. The van der Waals surface area contributed by atoms with E-state index in [1.807, 2.05) is 0 Å². The maximum Gasteiger partial charge on any atom is 0.426 e. The molecule has 0 saturated heterocycles. The van der Waals surface area contributed by atoms with Gasteiger partial charge < -0.3 is 9.47 Å². The van der Waals surface area contributed by atoms with E-state index in [2.05, 4.69) is 13.8 Å². The number of para-hydroxylation sites is 2. The van der Waals surface area contributed by atoms with Crippen molar-refractivity contribution in [1.82, 2.24) is 0 Å². The van der Waals surface area contributed by atoms with Crippen LogP contribution in [-0.2, 0) is 24.6 Å². The molecule has 0 N–H and O–H groups in total. The van der Waals surface area contributed by atoms with Crippen LogP contribution >= 0.6 is 0 Å². The third kappa shape index (κ3) is 14.9. The molecule has 6 aromatic carbocycles. The molecule has 2 aliphatic carbocycles. The van der Waals surface area contributed by atoms with Crippen LogP contribution in [0.15, 0.2) is 146 Å². The summed E-state index contributed by atoms with van der Waals surface area (Å²) in [5.74, 6) is 2.15. The highest BCUT2D eigenvalue weighted by Crippen LogP contribution is 2.44. The fourth-order valence-electron chi connectivity index (χ4n) is 10.3. The lowest BCUT2D eigenvalue weighted by Crippen LogP contribution is -2.22. The predicted molar refractivity (Wildman–Crippen MR) is 269 cm³/mol. The normalized spacial score (nSPS) is 18.6. The van der Waals surface area contributed by atoms with E-state index in [4.69, 9.17) is 9.47 Å². The second kappa shape index (κ2) is 24.5. The van der Waals surface area contributed by atoms with E-state index in [0.717, 1.165) is 72.9 Å². The molecule has 8 rings (SSSR count). The van der Waals surface area contributed by atoms with E-state index in [9.17, 15) is 26.3 Å². The highest BCUT2D eigenvalue weighted by Gasteiger charge is 2.38. The molecule has 390 valence electrons. The molecule has 0 radical (unpaired) electrons. The van der Waals surface area contributed by atoms with Crippen LogP contribution in [0.5, 0.6) is 11.5 Å². The van der Waals surface area contributed by atoms with Crippen LogP contribution in [0.25, 0.3) is 22.3 Å². The van der Waals surface area contributed by atoms with Gasteiger partial charge in [0.15, 0.2) is 0 Å². The number of ether oxygens (including phenoxy) is 2. The lowest BCUT2D eigenvalue weighted by molar-refractivity contribution is -0.185. The average molecular weight is 1020 g/mol. The van der Waals surface area contributed by atoms with Crippen LogP contribution < -0.4 is 9.47 Å². The molecule has 0 bridgehead atoms. The summed E-state index contributed by atoms with van der Waals surface area (Å²) in [7, 11) is 0. The maximum atomic E-state index is 15.2. The van der Waals surface area contributed by atoms with Crippen molar-refractivity contribution in [1.29, 1.82) is 0 Å². The smallest absolute Gasteiger partial charge is 0.426 e. The zero-order valence-corrected chi connectivity index (χ0v) is 41.4. The molecule has 0 spiro atoms. The average Bonchev–Trinajstić information content (AvgIpc) is 3.38. The van der Waals surface area contributed by atoms with Crippen LogP contribution in [-0.4, -0.2) is 0 Å². The van der Waals surface area contributed by atoms with Gasteiger partial charge in [-0.1, -0.05) is 144 Å². The maximum absolute atomic E-state index is 15.2. The predicted octanol–water partition coefficient (Wildman–Crippen LogP) is 20.3. The lowest BCUT2D eigenvalue weighted by atomic mass is 9.77. The molecule has 12 heteroatoms. The van der Waals surface area contributed by atoms with Crippen molar-refractivity contribution in [2.24, 2.45) is 11.8 Å². The summed E-state index contributed by atoms with van der Waals surface area (Å²) in [5, 5.41) is 0. The molecule has 0 unspecified atom stereocenters. The SMILES string of the molecule is CCCCC1CCC(c2ccc(C(F)(F)Oc3ccccc3-c3ccc(C(F)(F)F)cc3)cc2)CC1.CCCCCC1CCC(c2ccc(C(F)(F)Oc3ccccc3-c3ccc(C(F)(F)F)cc3)cc2)CC1. The van der Waals surface area contributed by atoms with E-state index in [1.165, 1.54) is 131 Å². The minimum atomic E-state index is -4.47. The first kappa shape index (κ1) is 55.0. The molecule has 0 atom stereocenters. The van der Waals surface area contributed by atoms with Crippen LogP contribution in [0.1, 0.15) is 155 Å². The third-order valence-corrected chi connectivity index (χ3v) is 14.6. The Morgan fingerprint density at radius 2 is 0.699 bits per heavy atom. The van der Waals surface area contributed by atoms with E-state index in [0.29, 0.717) is 34.1 Å². The second-order valence-corrected chi connectivity index (χ2v) is 19.7. The van der Waals surface area contributed by atoms with Gasteiger partial charge in [-0.2, -0.15) is 43.9 Å². The Morgan fingerprint density at radius 3 is 1.04 bits per heavy atom. The molecule has 6 aromatic rings. The molecule has 0 heterocycles. The zero-order chi connectivity index (χ0) is 52.2. The van der Waals surface area contributed by atoms with Crippen molar-refractivity contribution in [2.75, 3.05) is 0 Å². The topological polar surface area (TPSA) is 18.5 Å². The largest absolute Gasteiger partial charge is 0.428 e. The molecule has 2 nitrogen and oxygen atoms in total. The van der Waals surface area contributed by atoms with Crippen LogP contribution in [0.4, 0.5) is 43.9 Å². The Balaban J connectivity index is 0.000000214. The highest BCUT2D eigenvalue weighted by molar-refractivity contribution is 5.71. The quantitative estimate of drug-likeness (QED) is 0.0670. The van der Waals surface area contributed by atoms with Gasteiger partial charge in [0.1, 0.15) is 11.5 Å². The number of rotatable bonds is 17. The summed E-state index contributed by atoms with van der Waals surface area (Å²) >= 11 is 0. The van der Waals surface area contributed by atoms with Crippen LogP contribution in [0, 0.1) is 11.8 Å². The number of benzene rings is 6. The number of hydrogen-bond donors (Lipinski definition) is 0. The molecular weight excluding hydrogens is 955 g/mol. The first-order valence-electron chi connectivity index (χ1n) is 25.7. The number of hydrogen-bond acceptors (Lipinski definition) is 2. The first-order chi connectivity index (χ1) is 34.8. The second-order valence-electron chi connectivity index (χ2n) is 19.7. The summed E-state index contributed by atoms with van der Waals surface area (Å²) < 4.78 is 148. The van der Waals surface area contributed by atoms with Gasteiger partial charge in [-0.05, 0) is 158 Å². The van der Waals surface area contributed by atoms with Gasteiger partial charge in [-0.25, -0.2) is 0 Å². The van der Waals surface area contributed by atoms with Crippen molar-refractivity contribution in [3.05, 3.63) is 179 Å². The van der Waals surface area contributed by atoms with Crippen molar-refractivity contribution < 1.29 is 53.4 Å². The van der Waals surface area contributed by atoms with Crippen molar-refractivity contribution in [2.45, 2.75) is 147 Å². The van der Waals surface area contributed by atoms with Gasteiger partial charge in [0.2, 0.25) is 0 Å². The molecular formula is C61H64F10O2. The minimum absolute atomic E-state index is 0.0993. The van der Waals surface area contributed by atoms with Gasteiger partial charge >= 0.3 is 24.6 Å². The van der Waals surface area contributed by atoms with Crippen molar-refractivity contribution in [3.8, 4) is 33.8 Å². The molecule has 2 aliphatic rings. The van der Waals surface area contributed by atoms with Gasteiger partial charge in [0, 0.05) is 11.1 Å². The van der Waals surface area contributed by atoms with Gasteiger partial charge in [-0.3, -0.25) is 0 Å². The number of halogens is 10. The Morgan fingerprint density at radius 1 is 0.370 bits per heavy atom. The molecule has 2 fully saturated rings. The summed E-state index contributed by atoms with van der Waals surface area (Å²) in [4.78, 5) is 0. The first-order valence-corrected chi connectivity index (χ1v) is 25.7. The molecule has 73 heavy (non-hydrogen) atoms. The van der Waals surface area contributed by atoms with E-state index >= 15 is 17.6 Å². The minimum Gasteiger partial charge on any atom is -0.428 e. The number of unbranched alkanes of at least 4 members (excludes halogenated alkanes) is 3. The van der Waals surface area contributed by atoms with E-state index < -0.39 is 35.7 Å². The van der Waals surface area contributed by atoms with Crippen LogP contribution in [0.2, 0.25) is 0 Å². The summed E-state index contributed by atoms with van der Waals surface area (Å²) in [6.45, 7) is 4.42. The van der Waals surface area contributed by atoms with Crippen molar-refractivity contribution in [3.63, 3.8) is 0 Å². The van der Waals surface area contributed by atoms with Gasteiger partial charge in [0.25, 0.3) is 0 Å². The van der Waals surface area contributed by atoms with Gasteiger partial charge in [0.05, 0.1) is 22.3 Å². The third-order valence-electron chi connectivity index (χ3n) is 14.6. The lowest BCUT2D eigenvalue weighted by Gasteiger charge is -2.29. The summed E-state index contributed by atoms with van der Waals surface area (Å²) in [6, 6.07) is 33.8. The zero-order valence-electron chi connectivity index (χ0n) is 41.4. The Labute approximate surface area is 423 Å². The van der Waals surface area contributed by atoms with Gasteiger partial charge in [-0.15, -0.1) is 0 Å². The van der Waals surface area contributed by atoms with E-state index in [-0.39, 0.29) is 22.6 Å². The monoisotopic (exact) mass is 1020 g/mol. The summed E-state index contributed by atoms with van der Waals surface area (Å²) in [6.07, 6.45) is 1.81. The Hall–Kier alpha value is -5.78. The molecule has 0 amide bonds. The highest BCUT2D eigenvalue weighted by atomic mass is 19.4. The Kier molecular flexibility index (Phi) is 18.5. The fourth-order valence-corrected chi connectivity index (χ4v) is 10.3. The Bertz CT molecular complexity index is 2610.